The molecule has 0 fully saturated rings. The fourth-order valence-electron chi connectivity index (χ4n) is 2.49. The van der Waals surface area contributed by atoms with E-state index in [1.807, 2.05) is 37.3 Å². The van der Waals surface area contributed by atoms with Crippen LogP contribution in [0.4, 0.5) is 0 Å². The fraction of sp³-hybridized carbons (Fsp3) is 0.368. The van der Waals surface area contributed by atoms with Gasteiger partial charge in [0.1, 0.15) is 0 Å². The molecule has 0 saturated carbocycles. The van der Waals surface area contributed by atoms with Crippen molar-refractivity contribution < 1.29 is 19.3 Å². The molecule has 130 valence electrons. The van der Waals surface area contributed by atoms with Gasteiger partial charge >= 0.3 is 0 Å². The van der Waals surface area contributed by atoms with Crippen molar-refractivity contribution in [1.29, 1.82) is 0 Å². The van der Waals surface area contributed by atoms with Crippen molar-refractivity contribution >= 4 is 0 Å². The quantitative estimate of drug-likeness (QED) is 0.773. The summed E-state index contributed by atoms with van der Waals surface area (Å²) in [6, 6.07) is 11.4. The number of rotatable bonds is 8. The molecule has 0 aliphatic carbocycles. The third-order valence-electron chi connectivity index (χ3n) is 3.89. The second-order valence-corrected chi connectivity index (χ2v) is 5.41. The van der Waals surface area contributed by atoms with E-state index in [0.29, 0.717) is 30.4 Å². The Morgan fingerprint density at radius 2 is 1.79 bits per heavy atom. The summed E-state index contributed by atoms with van der Waals surface area (Å²) in [4.78, 5) is 0. The number of aromatic hydroxyl groups is 1. The zero-order valence-corrected chi connectivity index (χ0v) is 14.6. The average Bonchev–Trinajstić information content (AvgIpc) is 2.61. The molecule has 0 amide bonds. The Morgan fingerprint density at radius 1 is 1.04 bits per heavy atom. The lowest BCUT2D eigenvalue weighted by molar-refractivity contribution is 0.316. The van der Waals surface area contributed by atoms with Crippen molar-refractivity contribution in [2.24, 2.45) is 0 Å². The number of ether oxygens (including phenoxy) is 3. The molecule has 5 heteroatoms. The summed E-state index contributed by atoms with van der Waals surface area (Å²) in [7, 11) is 3.24. The van der Waals surface area contributed by atoms with Crippen molar-refractivity contribution in [1.82, 2.24) is 5.32 Å². The van der Waals surface area contributed by atoms with Crippen LogP contribution in [0.2, 0.25) is 0 Å². The van der Waals surface area contributed by atoms with Crippen molar-refractivity contribution in [3.05, 3.63) is 47.5 Å². The summed E-state index contributed by atoms with van der Waals surface area (Å²) in [5.74, 6) is 2.10. The standard InChI is InChI=1S/C19H25NO4/c1-5-24-17-8-6-7-15(19(17)21)12-20-13(2)14-9-10-16(22-3)18(11-14)23-4/h6-11,13,20-21H,5,12H2,1-4H3/t13-/m0/s1. The number of phenols is 1. The Morgan fingerprint density at radius 3 is 2.46 bits per heavy atom. The van der Waals surface area contributed by atoms with Gasteiger partial charge in [-0.2, -0.15) is 0 Å². The van der Waals surface area contributed by atoms with Gasteiger partial charge in [-0.25, -0.2) is 0 Å². The number of methoxy groups -OCH3 is 2. The molecule has 0 radical (unpaired) electrons. The van der Waals surface area contributed by atoms with Crippen molar-refractivity contribution in [3.8, 4) is 23.0 Å². The molecule has 2 rings (SSSR count). The smallest absolute Gasteiger partial charge is 0.162 e. The van der Waals surface area contributed by atoms with Gasteiger partial charge < -0.3 is 24.6 Å². The summed E-state index contributed by atoms with van der Waals surface area (Å²) in [6.07, 6.45) is 0. The normalized spacial score (nSPS) is 11.8. The van der Waals surface area contributed by atoms with Crippen LogP contribution in [0.25, 0.3) is 0 Å². The highest BCUT2D eigenvalue weighted by molar-refractivity contribution is 5.46. The maximum atomic E-state index is 10.3. The first-order chi connectivity index (χ1) is 11.6. The molecule has 0 saturated heterocycles. The SMILES string of the molecule is CCOc1cccc(CN[C@@H](C)c2ccc(OC)c(OC)c2)c1O. The maximum absolute atomic E-state index is 10.3. The Kier molecular flexibility index (Phi) is 6.32. The van der Waals surface area contributed by atoms with Crippen LogP contribution in [0, 0.1) is 0 Å². The van der Waals surface area contributed by atoms with Crippen LogP contribution in [0.1, 0.15) is 31.0 Å². The monoisotopic (exact) mass is 331 g/mol. The van der Waals surface area contributed by atoms with E-state index in [0.717, 1.165) is 11.1 Å². The zero-order valence-electron chi connectivity index (χ0n) is 14.6. The molecular weight excluding hydrogens is 306 g/mol. The number of benzene rings is 2. The Balaban J connectivity index is 2.08. The molecule has 2 N–H and O–H groups in total. The molecule has 2 aromatic rings. The lowest BCUT2D eigenvalue weighted by Crippen LogP contribution is -2.18. The Bertz CT molecular complexity index is 672. The highest BCUT2D eigenvalue weighted by Crippen LogP contribution is 2.32. The maximum Gasteiger partial charge on any atom is 0.162 e. The summed E-state index contributed by atoms with van der Waals surface area (Å²) in [6.45, 7) is 5.00. The van der Waals surface area contributed by atoms with Crippen LogP contribution < -0.4 is 19.5 Å². The highest BCUT2D eigenvalue weighted by Gasteiger charge is 2.12. The summed E-state index contributed by atoms with van der Waals surface area (Å²) < 4.78 is 16.0. The fourth-order valence-corrected chi connectivity index (χ4v) is 2.49. The second-order valence-electron chi connectivity index (χ2n) is 5.41. The molecule has 1 atom stereocenters. The molecule has 0 aromatic heterocycles. The van der Waals surface area contributed by atoms with E-state index < -0.39 is 0 Å². The Labute approximate surface area is 143 Å². The lowest BCUT2D eigenvalue weighted by Gasteiger charge is -2.17. The van der Waals surface area contributed by atoms with Gasteiger partial charge in [0.25, 0.3) is 0 Å². The largest absolute Gasteiger partial charge is 0.504 e. The number of hydrogen-bond donors (Lipinski definition) is 2. The first-order valence-corrected chi connectivity index (χ1v) is 7.99. The van der Waals surface area contributed by atoms with E-state index in [9.17, 15) is 5.11 Å². The van der Waals surface area contributed by atoms with Gasteiger partial charge in [-0.15, -0.1) is 0 Å². The molecule has 0 unspecified atom stereocenters. The first-order valence-electron chi connectivity index (χ1n) is 7.99. The molecule has 0 aliphatic heterocycles. The number of nitrogens with one attached hydrogen (secondary N) is 1. The molecule has 0 spiro atoms. The van der Waals surface area contributed by atoms with E-state index in [-0.39, 0.29) is 11.8 Å². The van der Waals surface area contributed by atoms with Gasteiger partial charge in [-0.3, -0.25) is 0 Å². The van der Waals surface area contributed by atoms with E-state index in [1.165, 1.54) is 0 Å². The van der Waals surface area contributed by atoms with Gasteiger partial charge in [0.15, 0.2) is 23.0 Å². The van der Waals surface area contributed by atoms with Crippen LogP contribution in [0.15, 0.2) is 36.4 Å². The predicted molar refractivity (Wildman–Crippen MR) is 94.1 cm³/mol. The summed E-state index contributed by atoms with van der Waals surface area (Å²) in [5, 5.41) is 13.7. The van der Waals surface area contributed by atoms with Gasteiger partial charge in [0.05, 0.1) is 20.8 Å². The molecule has 2 aromatic carbocycles. The van der Waals surface area contributed by atoms with Gasteiger partial charge in [0, 0.05) is 18.2 Å². The first kappa shape index (κ1) is 17.9. The minimum Gasteiger partial charge on any atom is -0.504 e. The lowest BCUT2D eigenvalue weighted by atomic mass is 10.1. The highest BCUT2D eigenvalue weighted by atomic mass is 16.5. The third-order valence-corrected chi connectivity index (χ3v) is 3.89. The van der Waals surface area contributed by atoms with Gasteiger partial charge in [-0.1, -0.05) is 18.2 Å². The second kappa shape index (κ2) is 8.45. The number of phenolic OH excluding ortho intramolecular Hbond substituents is 1. The number of hydrogen-bond acceptors (Lipinski definition) is 5. The number of para-hydroxylation sites is 1. The van der Waals surface area contributed by atoms with Crippen LogP contribution in [0.5, 0.6) is 23.0 Å². The predicted octanol–water partition coefficient (Wildman–Crippen LogP) is 3.66. The van der Waals surface area contributed by atoms with Gasteiger partial charge in [0.2, 0.25) is 0 Å². The van der Waals surface area contributed by atoms with Crippen LogP contribution >= 0.6 is 0 Å². The molecule has 24 heavy (non-hydrogen) atoms. The van der Waals surface area contributed by atoms with E-state index in [4.69, 9.17) is 14.2 Å². The Hall–Kier alpha value is -2.40. The van der Waals surface area contributed by atoms with Gasteiger partial charge in [-0.05, 0) is 37.6 Å². The van der Waals surface area contributed by atoms with Crippen LogP contribution in [-0.4, -0.2) is 25.9 Å². The van der Waals surface area contributed by atoms with Crippen LogP contribution in [0.3, 0.4) is 0 Å². The van der Waals surface area contributed by atoms with E-state index in [1.54, 1.807) is 20.3 Å². The minimum atomic E-state index is 0.0833. The van der Waals surface area contributed by atoms with E-state index >= 15 is 0 Å². The molecule has 0 bridgehead atoms. The van der Waals surface area contributed by atoms with Crippen molar-refractivity contribution in [2.75, 3.05) is 20.8 Å². The van der Waals surface area contributed by atoms with Crippen molar-refractivity contribution in [2.45, 2.75) is 26.4 Å². The average molecular weight is 331 g/mol. The third kappa shape index (κ3) is 4.11. The molecule has 0 aliphatic rings. The minimum absolute atomic E-state index is 0.0833. The molecular formula is C19H25NO4. The van der Waals surface area contributed by atoms with Crippen LogP contribution in [-0.2, 0) is 6.54 Å². The van der Waals surface area contributed by atoms with E-state index in [2.05, 4.69) is 12.2 Å². The summed E-state index contributed by atoms with van der Waals surface area (Å²) in [5.41, 5.74) is 1.88. The zero-order chi connectivity index (χ0) is 17.5. The summed E-state index contributed by atoms with van der Waals surface area (Å²) >= 11 is 0. The molecule has 5 nitrogen and oxygen atoms in total. The van der Waals surface area contributed by atoms with Crippen molar-refractivity contribution in [3.63, 3.8) is 0 Å². The molecule has 0 heterocycles. The topological polar surface area (TPSA) is 60.0 Å².